The first-order chi connectivity index (χ1) is 21.0. The molecule has 0 radical (unpaired) electrons. The van der Waals surface area contributed by atoms with Crippen molar-refractivity contribution in [3.05, 3.63) is 118 Å². The van der Waals surface area contributed by atoms with E-state index in [0.717, 1.165) is 48.4 Å². The van der Waals surface area contributed by atoms with Crippen molar-refractivity contribution in [3.8, 4) is 22.5 Å². The van der Waals surface area contributed by atoms with E-state index in [1.807, 2.05) is 82.6 Å². The van der Waals surface area contributed by atoms with Crippen LogP contribution in [0.5, 0.6) is 0 Å². The summed E-state index contributed by atoms with van der Waals surface area (Å²) in [4.78, 5) is 48.2. The number of nitro groups is 1. The van der Waals surface area contributed by atoms with Crippen molar-refractivity contribution in [3.63, 3.8) is 0 Å². The number of benzene rings is 3. The fraction of sp³-hybridized carbons (Fsp3) is 0.265. The Morgan fingerprint density at radius 1 is 0.651 bits per heavy atom. The third kappa shape index (κ3) is 6.32. The van der Waals surface area contributed by atoms with Crippen LogP contribution in [0.1, 0.15) is 33.6 Å². The van der Waals surface area contributed by atoms with Crippen molar-refractivity contribution in [1.82, 2.24) is 19.7 Å². The normalized spacial score (nSPS) is 16.2. The van der Waals surface area contributed by atoms with Crippen molar-refractivity contribution >= 4 is 17.5 Å². The molecule has 43 heavy (non-hydrogen) atoms. The SMILES string of the molecule is O=C(c1ccc([N+](=O)[O-])cc1)N1CCC(N2CCN(C(=O)c3cc(-c4ccccc4)nc(-c4ccccc4)c3)CC2)CC1. The van der Waals surface area contributed by atoms with Crippen LogP contribution < -0.4 is 0 Å². The number of likely N-dealkylation sites (tertiary alicyclic amines) is 1. The van der Waals surface area contributed by atoms with Crippen molar-refractivity contribution in [2.24, 2.45) is 0 Å². The number of piperazine rings is 1. The van der Waals surface area contributed by atoms with Gasteiger partial charge in [0.15, 0.2) is 0 Å². The Kier molecular flexibility index (Phi) is 8.24. The molecule has 3 aromatic carbocycles. The Bertz CT molecular complexity index is 1540. The molecule has 0 unspecified atom stereocenters. The largest absolute Gasteiger partial charge is 0.339 e. The van der Waals surface area contributed by atoms with Crippen LogP contribution in [0, 0.1) is 10.1 Å². The Balaban J connectivity index is 1.08. The molecule has 0 saturated carbocycles. The molecule has 2 amide bonds. The molecular weight excluding hydrogens is 542 g/mol. The van der Waals surface area contributed by atoms with Crippen LogP contribution in [-0.4, -0.2) is 81.7 Å². The average molecular weight is 576 g/mol. The fourth-order valence-corrected chi connectivity index (χ4v) is 5.98. The van der Waals surface area contributed by atoms with Gasteiger partial charge in [-0.2, -0.15) is 0 Å². The first-order valence-electron chi connectivity index (χ1n) is 14.7. The molecule has 9 heteroatoms. The maximum absolute atomic E-state index is 13.8. The molecule has 0 aliphatic carbocycles. The molecule has 2 aliphatic rings. The molecule has 0 bridgehead atoms. The lowest BCUT2D eigenvalue weighted by Crippen LogP contribution is -2.54. The summed E-state index contributed by atoms with van der Waals surface area (Å²) in [6.45, 7) is 4.14. The molecule has 6 rings (SSSR count). The van der Waals surface area contributed by atoms with E-state index in [0.29, 0.717) is 43.3 Å². The van der Waals surface area contributed by atoms with E-state index in [1.165, 1.54) is 24.3 Å². The summed E-state index contributed by atoms with van der Waals surface area (Å²) in [5, 5.41) is 10.9. The molecule has 0 atom stereocenters. The Labute approximate surface area is 250 Å². The van der Waals surface area contributed by atoms with Crippen LogP contribution in [-0.2, 0) is 0 Å². The van der Waals surface area contributed by atoms with E-state index in [-0.39, 0.29) is 17.5 Å². The van der Waals surface area contributed by atoms with Gasteiger partial charge >= 0.3 is 0 Å². The lowest BCUT2D eigenvalue weighted by atomic mass is 10.0. The van der Waals surface area contributed by atoms with Gasteiger partial charge in [-0.05, 0) is 37.1 Å². The van der Waals surface area contributed by atoms with Gasteiger partial charge in [-0.15, -0.1) is 0 Å². The highest BCUT2D eigenvalue weighted by Gasteiger charge is 2.31. The number of nitro benzene ring substituents is 1. The van der Waals surface area contributed by atoms with Gasteiger partial charge in [-0.25, -0.2) is 4.98 Å². The van der Waals surface area contributed by atoms with E-state index in [1.54, 1.807) is 0 Å². The maximum Gasteiger partial charge on any atom is 0.269 e. The van der Waals surface area contributed by atoms with E-state index in [9.17, 15) is 19.7 Å². The molecule has 0 spiro atoms. The minimum absolute atomic E-state index is 0.0138. The number of carbonyl (C=O) groups excluding carboxylic acids is 2. The average Bonchev–Trinajstić information content (AvgIpc) is 3.08. The van der Waals surface area contributed by atoms with Crippen LogP contribution >= 0.6 is 0 Å². The highest BCUT2D eigenvalue weighted by molar-refractivity contribution is 5.96. The number of hydrogen-bond acceptors (Lipinski definition) is 6. The molecule has 4 aromatic rings. The first kappa shape index (κ1) is 28.2. The van der Waals surface area contributed by atoms with Gasteiger partial charge in [0, 0.05) is 79.7 Å². The van der Waals surface area contributed by atoms with E-state index in [4.69, 9.17) is 4.98 Å². The smallest absolute Gasteiger partial charge is 0.269 e. The molecule has 218 valence electrons. The second-order valence-electron chi connectivity index (χ2n) is 11.0. The number of nitrogens with zero attached hydrogens (tertiary/aromatic N) is 5. The quantitative estimate of drug-likeness (QED) is 0.226. The van der Waals surface area contributed by atoms with Crippen LogP contribution in [0.3, 0.4) is 0 Å². The third-order valence-electron chi connectivity index (χ3n) is 8.41. The predicted octanol–water partition coefficient (Wildman–Crippen LogP) is 5.39. The van der Waals surface area contributed by atoms with Crippen molar-refractivity contribution in [1.29, 1.82) is 0 Å². The highest BCUT2D eigenvalue weighted by atomic mass is 16.6. The molecule has 1 aromatic heterocycles. The fourth-order valence-electron chi connectivity index (χ4n) is 5.98. The number of piperidine rings is 1. The van der Waals surface area contributed by atoms with Crippen LogP contribution in [0.15, 0.2) is 97.1 Å². The van der Waals surface area contributed by atoms with Crippen LogP contribution in [0.2, 0.25) is 0 Å². The van der Waals surface area contributed by atoms with Crippen LogP contribution in [0.25, 0.3) is 22.5 Å². The lowest BCUT2D eigenvalue weighted by Gasteiger charge is -2.42. The van der Waals surface area contributed by atoms with Crippen LogP contribution in [0.4, 0.5) is 5.69 Å². The summed E-state index contributed by atoms with van der Waals surface area (Å²) >= 11 is 0. The zero-order valence-electron chi connectivity index (χ0n) is 23.8. The number of aromatic nitrogens is 1. The number of pyridine rings is 1. The van der Waals surface area contributed by atoms with Gasteiger partial charge in [-0.1, -0.05) is 60.7 Å². The molecule has 9 nitrogen and oxygen atoms in total. The summed E-state index contributed by atoms with van der Waals surface area (Å²) in [6.07, 6.45) is 1.72. The number of rotatable bonds is 6. The molecule has 2 fully saturated rings. The summed E-state index contributed by atoms with van der Waals surface area (Å²) in [5.74, 6) is -0.0780. The third-order valence-corrected chi connectivity index (χ3v) is 8.41. The predicted molar refractivity (Wildman–Crippen MR) is 165 cm³/mol. The zero-order valence-corrected chi connectivity index (χ0v) is 23.8. The van der Waals surface area contributed by atoms with Gasteiger partial charge in [0.25, 0.3) is 17.5 Å². The summed E-state index contributed by atoms with van der Waals surface area (Å²) in [5.41, 5.74) is 4.58. The first-order valence-corrected chi connectivity index (χ1v) is 14.7. The van der Waals surface area contributed by atoms with Gasteiger partial charge in [-0.3, -0.25) is 24.6 Å². The zero-order chi connectivity index (χ0) is 29.8. The molecular formula is C34H33N5O4. The van der Waals surface area contributed by atoms with Crippen molar-refractivity contribution < 1.29 is 14.5 Å². The molecule has 2 saturated heterocycles. The van der Waals surface area contributed by atoms with Gasteiger partial charge in [0.1, 0.15) is 0 Å². The van der Waals surface area contributed by atoms with Gasteiger partial charge in [0.05, 0.1) is 16.3 Å². The van der Waals surface area contributed by atoms with Crippen molar-refractivity contribution in [2.75, 3.05) is 39.3 Å². The monoisotopic (exact) mass is 575 g/mol. The minimum atomic E-state index is -0.464. The van der Waals surface area contributed by atoms with Gasteiger partial charge < -0.3 is 9.80 Å². The summed E-state index contributed by atoms with van der Waals surface area (Å²) < 4.78 is 0. The highest BCUT2D eigenvalue weighted by Crippen LogP contribution is 2.27. The molecule has 2 aliphatic heterocycles. The molecule has 0 N–H and O–H groups in total. The number of carbonyl (C=O) groups is 2. The number of hydrogen-bond donors (Lipinski definition) is 0. The summed E-state index contributed by atoms with van der Waals surface area (Å²) in [7, 11) is 0. The lowest BCUT2D eigenvalue weighted by molar-refractivity contribution is -0.384. The Morgan fingerprint density at radius 3 is 1.65 bits per heavy atom. The van der Waals surface area contributed by atoms with E-state index < -0.39 is 4.92 Å². The maximum atomic E-state index is 13.8. The van der Waals surface area contributed by atoms with Crippen molar-refractivity contribution in [2.45, 2.75) is 18.9 Å². The number of non-ortho nitro benzene ring substituents is 1. The Hall–Kier alpha value is -4.89. The number of amides is 2. The topological polar surface area (TPSA) is 99.9 Å². The second kappa shape index (κ2) is 12.5. The Morgan fingerprint density at radius 2 is 1.14 bits per heavy atom. The second-order valence-corrected chi connectivity index (χ2v) is 11.0. The van der Waals surface area contributed by atoms with E-state index in [2.05, 4.69) is 4.90 Å². The molecule has 3 heterocycles. The van der Waals surface area contributed by atoms with Gasteiger partial charge in [0.2, 0.25) is 0 Å². The summed E-state index contributed by atoms with van der Waals surface area (Å²) in [6, 6.07) is 29.8. The standard InChI is InChI=1S/C34H33N5O4/c40-33(27-11-13-30(14-12-27)39(42)43)37-17-15-29(16-18-37)36-19-21-38(22-20-36)34(41)28-23-31(25-7-3-1-4-8-25)35-32(24-28)26-9-5-2-6-10-26/h1-14,23-24,29H,15-22H2. The van der Waals surface area contributed by atoms with E-state index >= 15 is 0 Å². The minimum Gasteiger partial charge on any atom is -0.339 e.